The first-order valence-electron chi connectivity index (χ1n) is 9.24. The number of nitrogens with one attached hydrogen (secondary N) is 1. The first-order valence-corrected chi connectivity index (χ1v) is 9.62. The molecule has 1 aliphatic carbocycles. The summed E-state index contributed by atoms with van der Waals surface area (Å²) in [5, 5.41) is 13.7. The average molecular weight is 375 g/mol. The van der Waals surface area contributed by atoms with Crippen LogP contribution in [0.3, 0.4) is 0 Å². The number of likely N-dealkylation sites (N-methyl/N-ethyl adjacent to an activating group) is 1. The van der Waals surface area contributed by atoms with Crippen LogP contribution in [0.25, 0.3) is 11.4 Å². The number of aliphatic hydroxyl groups excluding tert-OH is 1. The lowest BCUT2D eigenvalue weighted by Gasteiger charge is -2.26. The zero-order chi connectivity index (χ0) is 18.5. The number of halogens is 1. The van der Waals surface area contributed by atoms with E-state index in [9.17, 15) is 5.11 Å². The van der Waals surface area contributed by atoms with Gasteiger partial charge in [-0.1, -0.05) is 23.7 Å². The quantitative estimate of drug-likeness (QED) is 0.777. The predicted octanol–water partition coefficient (Wildman–Crippen LogP) is 3.40. The van der Waals surface area contributed by atoms with Gasteiger partial charge in [0.15, 0.2) is 5.82 Å². The summed E-state index contributed by atoms with van der Waals surface area (Å²) in [5.74, 6) is 1.62. The van der Waals surface area contributed by atoms with Crippen molar-refractivity contribution in [3.05, 3.63) is 40.5 Å². The Morgan fingerprint density at radius 3 is 2.77 bits per heavy atom. The standard InChI is InChI=1S/C20H27ClN4O/c1-25(2)13-16(10-11-26)22-20-17-8-3-4-9-18(17)23-19(24-20)14-6-5-7-15(21)12-14/h5-7,12,16,26H,3-4,8-11,13H2,1-2H3,(H,22,23,24). The Morgan fingerprint density at radius 1 is 1.23 bits per heavy atom. The zero-order valence-corrected chi connectivity index (χ0v) is 16.3. The smallest absolute Gasteiger partial charge is 0.161 e. The minimum Gasteiger partial charge on any atom is -0.396 e. The molecule has 140 valence electrons. The Bertz CT molecular complexity index is 751. The second kappa shape index (κ2) is 8.80. The molecule has 0 radical (unpaired) electrons. The number of rotatable bonds is 7. The van der Waals surface area contributed by atoms with Gasteiger partial charge in [0.05, 0.1) is 0 Å². The van der Waals surface area contributed by atoms with Crippen molar-refractivity contribution >= 4 is 17.4 Å². The third-order valence-corrected chi connectivity index (χ3v) is 4.90. The SMILES string of the molecule is CN(C)CC(CCO)Nc1nc(-c2cccc(Cl)c2)nc2c1CCCC2. The maximum absolute atomic E-state index is 9.42. The molecule has 6 heteroatoms. The highest BCUT2D eigenvalue weighted by atomic mass is 35.5. The lowest BCUT2D eigenvalue weighted by Crippen LogP contribution is -2.34. The van der Waals surface area contributed by atoms with E-state index < -0.39 is 0 Å². The maximum atomic E-state index is 9.42. The summed E-state index contributed by atoms with van der Waals surface area (Å²) in [6, 6.07) is 7.82. The molecule has 2 N–H and O–H groups in total. The molecular formula is C20H27ClN4O. The van der Waals surface area contributed by atoms with Gasteiger partial charge in [-0.05, 0) is 58.3 Å². The third kappa shape index (κ3) is 4.72. The molecule has 0 fully saturated rings. The van der Waals surface area contributed by atoms with Crippen molar-refractivity contribution in [3.63, 3.8) is 0 Å². The Balaban J connectivity index is 1.98. The molecule has 1 aromatic heterocycles. The number of benzene rings is 1. The van der Waals surface area contributed by atoms with E-state index in [0.717, 1.165) is 42.9 Å². The van der Waals surface area contributed by atoms with Crippen molar-refractivity contribution in [3.8, 4) is 11.4 Å². The second-order valence-electron chi connectivity index (χ2n) is 7.15. The van der Waals surface area contributed by atoms with Crippen LogP contribution < -0.4 is 5.32 Å². The van der Waals surface area contributed by atoms with E-state index >= 15 is 0 Å². The molecule has 3 rings (SSSR count). The number of hydrogen-bond donors (Lipinski definition) is 2. The van der Waals surface area contributed by atoms with Crippen molar-refractivity contribution in [2.24, 2.45) is 0 Å². The fourth-order valence-corrected chi connectivity index (χ4v) is 3.66. The van der Waals surface area contributed by atoms with Crippen LogP contribution in [0.2, 0.25) is 5.02 Å². The van der Waals surface area contributed by atoms with Crippen LogP contribution in [0, 0.1) is 0 Å². The molecule has 1 aromatic carbocycles. The van der Waals surface area contributed by atoms with Gasteiger partial charge in [-0.15, -0.1) is 0 Å². The van der Waals surface area contributed by atoms with Gasteiger partial charge in [-0.25, -0.2) is 9.97 Å². The Morgan fingerprint density at radius 2 is 2.04 bits per heavy atom. The van der Waals surface area contributed by atoms with Gasteiger partial charge >= 0.3 is 0 Å². The highest BCUT2D eigenvalue weighted by Crippen LogP contribution is 2.29. The molecule has 1 atom stereocenters. The number of anilines is 1. The van der Waals surface area contributed by atoms with Crippen LogP contribution in [0.15, 0.2) is 24.3 Å². The van der Waals surface area contributed by atoms with Crippen LogP contribution >= 0.6 is 11.6 Å². The summed E-state index contributed by atoms with van der Waals surface area (Å²) in [6.45, 7) is 0.992. The third-order valence-electron chi connectivity index (χ3n) is 4.67. The summed E-state index contributed by atoms with van der Waals surface area (Å²) in [5.41, 5.74) is 3.29. The van der Waals surface area contributed by atoms with Gasteiger partial charge in [0.2, 0.25) is 0 Å². The van der Waals surface area contributed by atoms with Crippen molar-refractivity contribution in [2.45, 2.75) is 38.1 Å². The van der Waals surface area contributed by atoms with Crippen LogP contribution in [0.4, 0.5) is 5.82 Å². The monoisotopic (exact) mass is 374 g/mol. The Labute approximate surface area is 160 Å². The molecule has 1 aliphatic rings. The Hall–Kier alpha value is -1.69. The van der Waals surface area contributed by atoms with E-state index in [-0.39, 0.29) is 12.6 Å². The lowest BCUT2D eigenvalue weighted by molar-refractivity contribution is 0.264. The number of aryl methyl sites for hydroxylation is 1. The molecule has 5 nitrogen and oxygen atoms in total. The number of aromatic nitrogens is 2. The Kier molecular flexibility index (Phi) is 6.46. The number of hydrogen-bond acceptors (Lipinski definition) is 5. The summed E-state index contributed by atoms with van der Waals surface area (Å²) in [6.07, 6.45) is 5.00. The zero-order valence-electron chi connectivity index (χ0n) is 15.5. The summed E-state index contributed by atoms with van der Waals surface area (Å²) in [4.78, 5) is 11.8. The number of aliphatic hydroxyl groups is 1. The molecule has 2 aromatic rings. The molecule has 0 saturated heterocycles. The second-order valence-corrected chi connectivity index (χ2v) is 7.59. The number of fused-ring (bicyclic) bond motifs is 1. The molecule has 26 heavy (non-hydrogen) atoms. The fraction of sp³-hybridized carbons (Fsp3) is 0.500. The van der Waals surface area contributed by atoms with Crippen LogP contribution in [0.5, 0.6) is 0 Å². The largest absolute Gasteiger partial charge is 0.396 e. The predicted molar refractivity (Wildman–Crippen MR) is 107 cm³/mol. The first-order chi connectivity index (χ1) is 12.6. The molecule has 0 aliphatic heterocycles. The van der Waals surface area contributed by atoms with Crippen molar-refractivity contribution in [1.29, 1.82) is 0 Å². The van der Waals surface area contributed by atoms with Crippen LogP contribution in [-0.4, -0.2) is 53.3 Å². The molecule has 1 heterocycles. The van der Waals surface area contributed by atoms with E-state index in [4.69, 9.17) is 21.6 Å². The van der Waals surface area contributed by atoms with E-state index in [1.54, 1.807) is 0 Å². The summed E-state index contributed by atoms with van der Waals surface area (Å²) < 4.78 is 0. The van der Waals surface area contributed by atoms with Gasteiger partial charge in [0, 0.05) is 41.0 Å². The summed E-state index contributed by atoms with van der Waals surface area (Å²) >= 11 is 6.16. The topological polar surface area (TPSA) is 61.3 Å². The normalized spacial score (nSPS) is 15.0. The highest BCUT2D eigenvalue weighted by Gasteiger charge is 2.21. The lowest BCUT2D eigenvalue weighted by atomic mass is 9.95. The van der Waals surface area contributed by atoms with Gasteiger partial charge in [0.1, 0.15) is 5.82 Å². The van der Waals surface area contributed by atoms with Crippen molar-refractivity contribution in [2.75, 3.05) is 32.6 Å². The fourth-order valence-electron chi connectivity index (χ4n) is 3.47. The molecule has 0 amide bonds. The molecule has 0 bridgehead atoms. The van der Waals surface area contributed by atoms with Gasteiger partial charge < -0.3 is 15.3 Å². The van der Waals surface area contributed by atoms with Crippen LogP contribution in [0.1, 0.15) is 30.5 Å². The number of nitrogens with zero attached hydrogens (tertiary/aromatic N) is 3. The van der Waals surface area contributed by atoms with E-state index in [0.29, 0.717) is 17.3 Å². The molecule has 1 unspecified atom stereocenters. The van der Waals surface area contributed by atoms with E-state index in [2.05, 4.69) is 10.2 Å². The highest BCUT2D eigenvalue weighted by molar-refractivity contribution is 6.30. The molecule has 0 spiro atoms. The van der Waals surface area contributed by atoms with Crippen molar-refractivity contribution in [1.82, 2.24) is 14.9 Å². The van der Waals surface area contributed by atoms with Gasteiger partial charge in [-0.2, -0.15) is 0 Å². The minimum atomic E-state index is 0.142. The van der Waals surface area contributed by atoms with Gasteiger partial charge in [0.25, 0.3) is 0 Å². The molecule has 0 saturated carbocycles. The van der Waals surface area contributed by atoms with E-state index in [1.807, 2.05) is 38.4 Å². The van der Waals surface area contributed by atoms with Gasteiger partial charge in [-0.3, -0.25) is 0 Å². The van der Waals surface area contributed by atoms with Crippen LogP contribution in [-0.2, 0) is 12.8 Å². The van der Waals surface area contributed by atoms with Crippen molar-refractivity contribution < 1.29 is 5.11 Å². The minimum absolute atomic E-state index is 0.142. The average Bonchev–Trinajstić information content (AvgIpc) is 2.61. The molecular weight excluding hydrogens is 348 g/mol. The van der Waals surface area contributed by atoms with E-state index in [1.165, 1.54) is 12.0 Å². The maximum Gasteiger partial charge on any atom is 0.161 e. The summed E-state index contributed by atoms with van der Waals surface area (Å²) in [7, 11) is 4.08. The first kappa shape index (κ1) is 19.1.